The first-order chi connectivity index (χ1) is 12.1. The Morgan fingerprint density at radius 2 is 1.72 bits per heavy atom. The predicted molar refractivity (Wildman–Crippen MR) is 92.9 cm³/mol. The van der Waals surface area contributed by atoms with Gasteiger partial charge in [-0.25, -0.2) is 9.07 Å². The monoisotopic (exact) mass is 356 g/mol. The number of hydrogen-bond acceptors (Lipinski definition) is 3. The highest BCUT2D eigenvalue weighted by molar-refractivity contribution is 6.30. The van der Waals surface area contributed by atoms with Crippen LogP contribution in [0.4, 0.5) is 4.39 Å². The van der Waals surface area contributed by atoms with Gasteiger partial charge >= 0.3 is 0 Å². The van der Waals surface area contributed by atoms with Gasteiger partial charge in [-0.2, -0.15) is 5.10 Å². The lowest BCUT2D eigenvalue weighted by atomic mass is 10.0. The van der Waals surface area contributed by atoms with Crippen molar-refractivity contribution in [3.05, 3.63) is 86.4 Å². The molecule has 2 heterocycles. The molecule has 0 N–H and O–H groups in total. The van der Waals surface area contributed by atoms with Gasteiger partial charge in [-0.3, -0.25) is 4.79 Å². The number of halogens is 2. The summed E-state index contributed by atoms with van der Waals surface area (Å²) >= 11 is 5.91. The van der Waals surface area contributed by atoms with Crippen molar-refractivity contribution < 1.29 is 9.13 Å². The fraction of sp³-hybridized carbons (Fsp3) is 0.158. The Bertz CT molecular complexity index is 982. The van der Waals surface area contributed by atoms with Crippen molar-refractivity contribution in [1.29, 1.82) is 0 Å². The van der Waals surface area contributed by atoms with Crippen LogP contribution in [0, 0.1) is 5.82 Å². The lowest BCUT2D eigenvalue weighted by Gasteiger charge is -2.12. The van der Waals surface area contributed by atoms with Crippen molar-refractivity contribution >= 4 is 11.6 Å². The van der Waals surface area contributed by atoms with E-state index in [4.69, 9.17) is 16.3 Å². The summed E-state index contributed by atoms with van der Waals surface area (Å²) in [6, 6.07) is 13.4. The topological polar surface area (TPSA) is 44.1 Å². The molecule has 126 valence electrons. The van der Waals surface area contributed by atoms with Crippen LogP contribution in [0.5, 0.6) is 0 Å². The molecule has 0 amide bonds. The maximum atomic E-state index is 13.2. The van der Waals surface area contributed by atoms with E-state index in [0.717, 1.165) is 16.7 Å². The second-order valence-electron chi connectivity index (χ2n) is 5.89. The van der Waals surface area contributed by atoms with Gasteiger partial charge in [-0.05, 0) is 42.0 Å². The molecular formula is C19H14ClFN2O2. The number of hydrogen-bond donors (Lipinski definition) is 0. The summed E-state index contributed by atoms with van der Waals surface area (Å²) in [6.45, 7) is 0.940. The molecule has 4 nitrogen and oxygen atoms in total. The molecule has 0 fully saturated rings. The smallest absolute Gasteiger partial charge is 0.273 e. The largest absolute Gasteiger partial charge is 0.372 e. The molecule has 3 aromatic rings. The van der Waals surface area contributed by atoms with Crippen molar-refractivity contribution in [2.45, 2.75) is 19.8 Å². The second-order valence-corrected chi connectivity index (χ2v) is 6.33. The summed E-state index contributed by atoms with van der Waals surface area (Å²) in [5, 5.41) is 5.17. The third-order valence-corrected chi connectivity index (χ3v) is 4.47. The molecule has 6 heteroatoms. The summed E-state index contributed by atoms with van der Waals surface area (Å²) in [5.41, 5.74) is 3.57. The van der Waals surface area contributed by atoms with E-state index in [2.05, 4.69) is 5.10 Å². The highest BCUT2D eigenvalue weighted by Gasteiger charge is 2.23. The molecule has 0 saturated carbocycles. The Balaban J connectivity index is 1.82. The zero-order valence-electron chi connectivity index (χ0n) is 13.2. The minimum absolute atomic E-state index is 0.159. The molecule has 25 heavy (non-hydrogen) atoms. The van der Waals surface area contributed by atoms with Crippen LogP contribution in [0.1, 0.15) is 16.7 Å². The minimum atomic E-state index is -0.314. The Hall–Kier alpha value is -2.50. The van der Waals surface area contributed by atoms with Gasteiger partial charge in [0.15, 0.2) is 0 Å². The first-order valence-corrected chi connectivity index (χ1v) is 8.20. The molecular weight excluding hydrogens is 343 g/mol. The number of benzene rings is 2. The summed E-state index contributed by atoms with van der Waals surface area (Å²) < 4.78 is 20.1. The minimum Gasteiger partial charge on any atom is -0.372 e. The number of fused-ring (bicyclic) bond motifs is 1. The molecule has 0 radical (unpaired) electrons. The van der Waals surface area contributed by atoms with Crippen molar-refractivity contribution in [3.63, 3.8) is 0 Å². The number of nitrogens with zero attached hydrogens (tertiary/aromatic N) is 2. The van der Waals surface area contributed by atoms with Crippen LogP contribution in [0.3, 0.4) is 0 Å². The van der Waals surface area contributed by atoms with Crippen molar-refractivity contribution in [3.8, 4) is 11.3 Å². The van der Waals surface area contributed by atoms with Crippen molar-refractivity contribution in [2.24, 2.45) is 0 Å². The molecule has 2 aromatic carbocycles. The quantitative estimate of drug-likeness (QED) is 0.717. The third-order valence-electron chi connectivity index (χ3n) is 4.22. The van der Waals surface area contributed by atoms with Gasteiger partial charge in [0, 0.05) is 16.1 Å². The van der Waals surface area contributed by atoms with E-state index in [0.29, 0.717) is 29.4 Å². The van der Waals surface area contributed by atoms with E-state index in [1.807, 2.05) is 12.1 Å². The molecule has 0 aliphatic carbocycles. The number of aromatic nitrogens is 2. The summed E-state index contributed by atoms with van der Waals surface area (Å²) in [6.07, 6.45) is 0. The molecule has 0 unspecified atom stereocenters. The average molecular weight is 357 g/mol. The summed E-state index contributed by atoms with van der Waals surface area (Å²) in [7, 11) is 0. The van der Waals surface area contributed by atoms with Crippen molar-refractivity contribution in [2.75, 3.05) is 0 Å². The van der Waals surface area contributed by atoms with Crippen LogP contribution in [0.2, 0.25) is 5.02 Å². The van der Waals surface area contributed by atoms with Crippen molar-refractivity contribution in [1.82, 2.24) is 9.78 Å². The normalized spacial score (nSPS) is 13.0. The van der Waals surface area contributed by atoms with Crippen LogP contribution < -0.4 is 5.56 Å². The summed E-state index contributed by atoms with van der Waals surface area (Å²) in [5.74, 6) is -0.314. The predicted octanol–water partition coefficient (Wildman–Crippen LogP) is 3.78. The van der Waals surface area contributed by atoms with E-state index < -0.39 is 0 Å². The van der Waals surface area contributed by atoms with Gasteiger partial charge in [0.2, 0.25) is 0 Å². The van der Waals surface area contributed by atoms with Crippen LogP contribution in [-0.2, 0) is 24.5 Å². The van der Waals surface area contributed by atoms with E-state index in [9.17, 15) is 9.18 Å². The molecule has 0 bridgehead atoms. The van der Waals surface area contributed by atoms with Gasteiger partial charge in [-0.15, -0.1) is 0 Å². The van der Waals surface area contributed by atoms with Gasteiger partial charge < -0.3 is 4.74 Å². The third kappa shape index (κ3) is 3.08. The van der Waals surface area contributed by atoms with Gasteiger partial charge in [0.25, 0.3) is 5.56 Å². The van der Waals surface area contributed by atoms with Crippen LogP contribution >= 0.6 is 11.6 Å². The maximum absolute atomic E-state index is 13.2. The molecule has 0 saturated heterocycles. The Morgan fingerprint density at radius 1 is 1.04 bits per heavy atom. The fourth-order valence-corrected chi connectivity index (χ4v) is 3.05. The molecule has 1 aromatic heterocycles. The fourth-order valence-electron chi connectivity index (χ4n) is 2.92. The number of rotatable bonds is 3. The Labute approximate surface area is 148 Å². The van der Waals surface area contributed by atoms with E-state index >= 15 is 0 Å². The highest BCUT2D eigenvalue weighted by atomic mass is 35.5. The van der Waals surface area contributed by atoms with E-state index in [1.54, 1.807) is 24.3 Å². The van der Waals surface area contributed by atoms with Crippen LogP contribution in [-0.4, -0.2) is 9.78 Å². The lowest BCUT2D eigenvalue weighted by Crippen LogP contribution is -2.27. The van der Waals surface area contributed by atoms with Gasteiger partial charge in [0.05, 0.1) is 31.0 Å². The molecule has 0 atom stereocenters. The lowest BCUT2D eigenvalue weighted by molar-refractivity contribution is 0.134. The highest BCUT2D eigenvalue weighted by Crippen LogP contribution is 2.27. The zero-order valence-corrected chi connectivity index (χ0v) is 14.0. The average Bonchev–Trinajstić information content (AvgIpc) is 3.10. The first-order valence-electron chi connectivity index (χ1n) is 7.83. The first kappa shape index (κ1) is 16.0. The molecule has 0 spiro atoms. The van der Waals surface area contributed by atoms with Crippen LogP contribution in [0.15, 0.2) is 53.3 Å². The molecule has 4 rings (SSSR count). The standard InChI is InChI=1S/C19H14ClFN2O2/c20-14-5-1-12(2-6-14)9-23-19(24)17-11-25-10-16(17)18(22-23)13-3-7-15(21)8-4-13/h1-8H,9-11H2. The second kappa shape index (κ2) is 6.43. The van der Waals surface area contributed by atoms with E-state index in [1.165, 1.54) is 16.8 Å². The summed E-state index contributed by atoms with van der Waals surface area (Å²) in [4.78, 5) is 12.7. The SMILES string of the molecule is O=c1c2c(c(-c3ccc(F)cc3)nn1Cc1ccc(Cl)cc1)COC2. The molecule has 1 aliphatic heterocycles. The molecule has 1 aliphatic rings. The number of ether oxygens (including phenoxy) is 1. The zero-order chi connectivity index (χ0) is 17.4. The van der Waals surface area contributed by atoms with E-state index in [-0.39, 0.29) is 18.0 Å². The Morgan fingerprint density at radius 3 is 2.44 bits per heavy atom. The van der Waals surface area contributed by atoms with Gasteiger partial charge in [0.1, 0.15) is 5.82 Å². The van der Waals surface area contributed by atoms with Gasteiger partial charge in [-0.1, -0.05) is 23.7 Å². The van der Waals surface area contributed by atoms with Crippen LogP contribution in [0.25, 0.3) is 11.3 Å². The Kier molecular flexibility index (Phi) is 4.11. The maximum Gasteiger partial charge on any atom is 0.273 e.